The van der Waals surface area contributed by atoms with E-state index < -0.39 is 5.97 Å². The van der Waals surface area contributed by atoms with Crippen LogP contribution in [-0.2, 0) is 4.79 Å². The summed E-state index contributed by atoms with van der Waals surface area (Å²) in [7, 11) is 0. The van der Waals surface area contributed by atoms with E-state index in [4.69, 9.17) is 5.11 Å². The fraction of sp³-hybridized carbons (Fsp3) is 0.889. The number of aliphatic carboxylic acids is 1. The van der Waals surface area contributed by atoms with Crippen molar-refractivity contribution in [2.24, 2.45) is 5.92 Å². The first kappa shape index (κ1) is 8.05. The molecule has 1 saturated heterocycles. The lowest BCUT2D eigenvalue weighted by atomic mass is 11.2. The van der Waals surface area contributed by atoms with Crippen molar-refractivity contribution in [3.63, 3.8) is 0 Å². The van der Waals surface area contributed by atoms with E-state index >= 15 is 0 Å². The van der Waals surface area contributed by atoms with Crippen LogP contribution in [0.25, 0.3) is 0 Å². The van der Waals surface area contributed by atoms with Crippen molar-refractivity contribution in [1.29, 1.82) is 0 Å². The van der Waals surface area contributed by atoms with Gasteiger partial charge >= 0.3 is 5.97 Å². The fourth-order valence-corrected chi connectivity index (χ4v) is 2.51. The van der Waals surface area contributed by atoms with Gasteiger partial charge in [0, 0.05) is 6.04 Å². The summed E-state index contributed by atoms with van der Waals surface area (Å²) in [6.45, 7) is 0. The van der Waals surface area contributed by atoms with Crippen LogP contribution in [0.2, 0.25) is 0 Å². The second-order valence-electron chi connectivity index (χ2n) is 3.94. The van der Waals surface area contributed by atoms with Crippen molar-refractivity contribution in [1.82, 2.24) is 5.32 Å². The summed E-state index contributed by atoms with van der Waals surface area (Å²) in [6.07, 6.45) is 5.80. The lowest BCUT2D eigenvalue weighted by Gasteiger charge is -2.24. The Morgan fingerprint density at radius 3 is 2.75 bits per heavy atom. The highest BCUT2D eigenvalue weighted by Gasteiger charge is 2.37. The summed E-state index contributed by atoms with van der Waals surface area (Å²) >= 11 is 0. The molecule has 1 aliphatic heterocycles. The third-order valence-corrected chi connectivity index (χ3v) is 3.16. The zero-order valence-electron chi connectivity index (χ0n) is 7.12. The van der Waals surface area contributed by atoms with Crippen molar-refractivity contribution in [2.45, 2.75) is 44.2 Å². The van der Waals surface area contributed by atoms with Crippen LogP contribution < -0.4 is 5.32 Å². The highest BCUT2D eigenvalue weighted by molar-refractivity contribution is 5.74. The molecule has 3 atom stereocenters. The van der Waals surface area contributed by atoms with Gasteiger partial charge in [0.2, 0.25) is 0 Å². The van der Waals surface area contributed by atoms with Crippen LogP contribution in [0.4, 0.5) is 0 Å². The van der Waals surface area contributed by atoms with E-state index in [9.17, 15) is 4.79 Å². The van der Waals surface area contributed by atoms with Crippen LogP contribution in [0.1, 0.15) is 32.1 Å². The molecule has 12 heavy (non-hydrogen) atoms. The van der Waals surface area contributed by atoms with E-state index in [1.165, 1.54) is 25.7 Å². The minimum Gasteiger partial charge on any atom is -0.480 e. The fourth-order valence-electron chi connectivity index (χ4n) is 2.51. The van der Waals surface area contributed by atoms with E-state index in [-0.39, 0.29) is 6.04 Å². The Balaban J connectivity index is 1.98. The largest absolute Gasteiger partial charge is 0.480 e. The summed E-state index contributed by atoms with van der Waals surface area (Å²) < 4.78 is 0. The maximum atomic E-state index is 10.7. The Morgan fingerprint density at radius 2 is 2.08 bits per heavy atom. The minimum absolute atomic E-state index is 0.266. The lowest BCUT2D eigenvalue weighted by molar-refractivity contribution is -0.139. The summed E-state index contributed by atoms with van der Waals surface area (Å²) in [5.41, 5.74) is 0. The second kappa shape index (κ2) is 3.05. The van der Waals surface area contributed by atoms with Gasteiger partial charge in [0.05, 0.1) is 0 Å². The monoisotopic (exact) mass is 185 g/mol. The molecular weight excluding hydrogens is 170 g/mol. The Bertz CT molecular complexity index is 179. The third kappa shape index (κ3) is 1.33. The summed E-state index contributed by atoms with van der Waals surface area (Å²) in [5.74, 6) is -0.0377. The second-order valence-corrected chi connectivity index (χ2v) is 3.94. The standard InChI is InChI=1S/C9H15NO2/c11-9(12)8-5-6-3-1-2-4-7(6)10-8/h6-8,10H,1-5H2,(H,11,12)/t6-,7-,8-/m0/s1/i1+2,2+2,3+2,4+2,5+2,6+2,7+2,8+2. The third-order valence-electron chi connectivity index (χ3n) is 3.16. The predicted molar refractivity (Wildman–Crippen MR) is 44.9 cm³/mol. The van der Waals surface area contributed by atoms with E-state index in [0.29, 0.717) is 12.0 Å². The highest BCUT2D eigenvalue weighted by Crippen LogP contribution is 2.32. The SMILES string of the molecule is O=C(O)[14C@@H]1[14CH2][14C@@H]2[14CH2][14CH2][14CH2][14CH2][14C@@H]2N1. The number of rotatable bonds is 1. The zero-order chi connectivity index (χ0) is 8.55. The van der Waals surface area contributed by atoms with Gasteiger partial charge in [0.25, 0.3) is 0 Å². The highest BCUT2D eigenvalue weighted by atomic mass is 16.5. The number of carboxylic acid groups (broad SMARTS) is 1. The van der Waals surface area contributed by atoms with Gasteiger partial charge < -0.3 is 10.4 Å². The van der Waals surface area contributed by atoms with Gasteiger partial charge in [-0.3, -0.25) is 4.79 Å². The molecule has 0 aromatic rings. The molecule has 3 nitrogen and oxygen atoms in total. The van der Waals surface area contributed by atoms with Crippen molar-refractivity contribution in [2.75, 3.05) is 0 Å². The van der Waals surface area contributed by atoms with Gasteiger partial charge in [0.15, 0.2) is 0 Å². The summed E-state index contributed by atoms with van der Waals surface area (Å²) in [5, 5.41) is 12.0. The zero-order valence-corrected chi connectivity index (χ0v) is 7.12. The van der Waals surface area contributed by atoms with Crippen LogP contribution in [0.3, 0.4) is 0 Å². The van der Waals surface area contributed by atoms with Crippen LogP contribution >= 0.6 is 0 Å². The van der Waals surface area contributed by atoms with Crippen LogP contribution in [0.5, 0.6) is 0 Å². The molecule has 0 spiro atoms. The Kier molecular flexibility index (Phi) is 2.05. The molecule has 2 rings (SSSR count). The van der Waals surface area contributed by atoms with Crippen molar-refractivity contribution < 1.29 is 9.90 Å². The topological polar surface area (TPSA) is 49.3 Å². The van der Waals surface area contributed by atoms with Crippen molar-refractivity contribution in [3.05, 3.63) is 0 Å². The average Bonchev–Trinajstić information content (AvgIpc) is 2.46. The quantitative estimate of drug-likeness (QED) is 0.640. The summed E-state index contributed by atoms with van der Waals surface area (Å²) in [6, 6.07) is 0.234. The van der Waals surface area contributed by atoms with E-state index in [1.807, 2.05) is 0 Å². The van der Waals surface area contributed by atoms with Gasteiger partial charge in [-0.05, 0) is 25.2 Å². The average molecular weight is 185 g/mol. The summed E-state index contributed by atoms with van der Waals surface area (Å²) in [4.78, 5) is 10.7. The predicted octanol–water partition coefficient (Wildman–Crippen LogP) is 0.992. The molecule has 0 aromatic carbocycles. The Morgan fingerprint density at radius 1 is 1.33 bits per heavy atom. The number of hydrogen-bond donors (Lipinski definition) is 2. The van der Waals surface area contributed by atoms with E-state index in [2.05, 4.69) is 5.32 Å². The van der Waals surface area contributed by atoms with Gasteiger partial charge in [-0.1, -0.05) is 12.8 Å². The first-order valence-electron chi connectivity index (χ1n) is 4.76. The molecule has 1 aliphatic carbocycles. The number of carbonyl (C=O) groups is 1. The molecule has 1 saturated carbocycles. The van der Waals surface area contributed by atoms with E-state index in [0.717, 1.165) is 6.42 Å². The van der Waals surface area contributed by atoms with Gasteiger partial charge in [-0.2, -0.15) is 0 Å². The van der Waals surface area contributed by atoms with Crippen molar-refractivity contribution in [3.8, 4) is 0 Å². The van der Waals surface area contributed by atoms with Crippen LogP contribution in [0, 0.1) is 5.92 Å². The number of fused-ring (bicyclic) bond motifs is 1. The first-order valence-corrected chi connectivity index (χ1v) is 4.76. The minimum atomic E-state index is -0.676. The molecule has 0 amide bonds. The molecule has 0 radical (unpaired) electrons. The number of nitrogens with one attached hydrogen (secondary N) is 1. The number of carboxylic acids is 1. The molecule has 2 fully saturated rings. The maximum Gasteiger partial charge on any atom is 0.320 e. The first-order chi connectivity index (χ1) is 5.77. The van der Waals surface area contributed by atoms with Gasteiger partial charge in [-0.25, -0.2) is 0 Å². The van der Waals surface area contributed by atoms with Crippen molar-refractivity contribution >= 4 is 5.97 Å². The normalized spacial score (nSPS) is 40.8. The number of hydrogen-bond acceptors (Lipinski definition) is 2. The van der Waals surface area contributed by atoms with Crippen LogP contribution in [0.15, 0.2) is 0 Å². The smallest absolute Gasteiger partial charge is 0.320 e. The van der Waals surface area contributed by atoms with Gasteiger partial charge in [0.1, 0.15) is 6.04 Å². The molecule has 0 aromatic heterocycles. The van der Waals surface area contributed by atoms with Crippen LogP contribution in [-0.4, -0.2) is 23.2 Å². The molecule has 2 N–H and O–H groups in total. The Hall–Kier alpha value is -0.570. The van der Waals surface area contributed by atoms with Gasteiger partial charge in [-0.15, -0.1) is 0 Å². The molecule has 1 heterocycles. The maximum absolute atomic E-state index is 10.7. The Labute approximate surface area is 72.2 Å². The molecule has 2 aliphatic rings. The van der Waals surface area contributed by atoms with E-state index in [1.54, 1.807) is 0 Å². The molecule has 0 unspecified atom stereocenters. The molecule has 3 heteroatoms. The molecule has 68 valence electrons. The molecule has 0 bridgehead atoms. The lowest BCUT2D eigenvalue weighted by Crippen LogP contribution is -2.36. The molecular formula is C9H15NO2.